The van der Waals surface area contributed by atoms with Gasteiger partial charge in [0.05, 0.1) is 0 Å². The quantitative estimate of drug-likeness (QED) is 0.441. The van der Waals surface area contributed by atoms with E-state index in [2.05, 4.69) is 15.9 Å². The Bertz CT molecular complexity index is 218. The van der Waals surface area contributed by atoms with Crippen LogP contribution in [-0.2, 0) is 9.59 Å². The molecule has 0 aromatic rings. The summed E-state index contributed by atoms with van der Waals surface area (Å²) in [5, 5.41) is 1.99. The summed E-state index contributed by atoms with van der Waals surface area (Å²) in [6.45, 7) is 0. The lowest BCUT2D eigenvalue weighted by Crippen LogP contribution is -2.56. The first-order valence-electron chi connectivity index (χ1n) is 2.80. The van der Waals surface area contributed by atoms with E-state index in [9.17, 15) is 14.4 Å². The molecule has 5 nitrogen and oxygen atoms in total. The van der Waals surface area contributed by atoms with Crippen molar-refractivity contribution in [1.82, 2.24) is 10.2 Å². The topological polar surface area (TPSA) is 66.5 Å². The summed E-state index contributed by atoms with van der Waals surface area (Å²) >= 11 is 2.83. The molecule has 0 radical (unpaired) electrons. The molecule has 11 heavy (non-hydrogen) atoms. The minimum Gasteiger partial charge on any atom is -0.276 e. The highest BCUT2D eigenvalue weighted by atomic mass is 79.9. The lowest BCUT2D eigenvalue weighted by Gasteiger charge is -2.23. The SMILES string of the molecule is CN1C(=O)NC(=O)C(Br)C1=O. The number of barbiturate groups is 1. The Labute approximate surface area is 70.9 Å². The number of carbonyl (C=O) groups is 3. The highest BCUT2D eigenvalue weighted by molar-refractivity contribution is 9.10. The number of imide groups is 2. The molecule has 0 aliphatic carbocycles. The fourth-order valence-corrected chi connectivity index (χ4v) is 1.06. The van der Waals surface area contributed by atoms with E-state index >= 15 is 0 Å². The maximum absolute atomic E-state index is 10.9. The predicted molar refractivity (Wildman–Crippen MR) is 39.0 cm³/mol. The molecule has 1 rings (SSSR count). The van der Waals surface area contributed by atoms with Gasteiger partial charge in [0, 0.05) is 7.05 Å². The number of alkyl halides is 1. The van der Waals surface area contributed by atoms with Crippen LogP contribution in [-0.4, -0.2) is 34.6 Å². The third-order valence-electron chi connectivity index (χ3n) is 1.31. The number of hydrogen-bond donors (Lipinski definition) is 1. The number of rotatable bonds is 0. The zero-order valence-electron chi connectivity index (χ0n) is 5.63. The molecular weight excluding hydrogens is 216 g/mol. The standard InChI is InChI=1S/C5H5BrN2O3/c1-8-4(10)2(6)3(9)7-5(8)11/h2H,1H3,(H,7,9,11). The van der Waals surface area contributed by atoms with Crippen LogP contribution in [0.4, 0.5) is 4.79 Å². The molecular formula is C5H5BrN2O3. The van der Waals surface area contributed by atoms with Crippen molar-refractivity contribution in [1.29, 1.82) is 0 Å². The normalized spacial score (nSPS) is 25.5. The van der Waals surface area contributed by atoms with Crippen LogP contribution in [0.15, 0.2) is 0 Å². The first-order chi connectivity index (χ1) is 5.04. The van der Waals surface area contributed by atoms with Crippen LogP contribution in [0.25, 0.3) is 0 Å². The molecule has 4 amide bonds. The van der Waals surface area contributed by atoms with Crippen molar-refractivity contribution in [3.63, 3.8) is 0 Å². The van der Waals surface area contributed by atoms with Crippen LogP contribution in [0.1, 0.15) is 0 Å². The number of nitrogens with one attached hydrogen (secondary N) is 1. The average Bonchev–Trinajstić information content (AvgIpc) is 1.97. The number of hydrogen-bond acceptors (Lipinski definition) is 3. The molecule has 1 atom stereocenters. The first-order valence-corrected chi connectivity index (χ1v) is 3.72. The molecule has 0 bridgehead atoms. The number of nitrogens with zero attached hydrogens (tertiary/aromatic N) is 1. The van der Waals surface area contributed by atoms with Gasteiger partial charge in [-0.25, -0.2) is 4.79 Å². The van der Waals surface area contributed by atoms with Gasteiger partial charge in [0.1, 0.15) is 0 Å². The average molecular weight is 221 g/mol. The Morgan fingerprint density at radius 3 is 2.55 bits per heavy atom. The van der Waals surface area contributed by atoms with Crippen molar-refractivity contribution in [3.05, 3.63) is 0 Å². The van der Waals surface area contributed by atoms with E-state index in [0.717, 1.165) is 4.90 Å². The largest absolute Gasteiger partial charge is 0.330 e. The zero-order chi connectivity index (χ0) is 8.59. The van der Waals surface area contributed by atoms with Crippen molar-refractivity contribution in [2.45, 2.75) is 4.83 Å². The monoisotopic (exact) mass is 220 g/mol. The maximum atomic E-state index is 10.9. The molecule has 1 unspecified atom stereocenters. The van der Waals surface area contributed by atoms with Gasteiger partial charge in [0.15, 0.2) is 4.83 Å². The molecule has 0 saturated carbocycles. The van der Waals surface area contributed by atoms with E-state index in [0.29, 0.717) is 0 Å². The molecule has 60 valence electrons. The van der Waals surface area contributed by atoms with E-state index in [1.54, 1.807) is 0 Å². The maximum Gasteiger partial charge on any atom is 0.330 e. The van der Waals surface area contributed by atoms with Crippen LogP contribution in [0.5, 0.6) is 0 Å². The Morgan fingerprint density at radius 1 is 1.45 bits per heavy atom. The molecule has 1 aliphatic heterocycles. The summed E-state index contributed by atoms with van der Waals surface area (Å²) in [7, 11) is 1.30. The Hall–Kier alpha value is -0.910. The van der Waals surface area contributed by atoms with Gasteiger partial charge in [-0.1, -0.05) is 15.9 Å². The van der Waals surface area contributed by atoms with Crippen LogP contribution >= 0.6 is 15.9 Å². The predicted octanol–water partition coefficient (Wildman–Crippen LogP) is -0.542. The van der Waals surface area contributed by atoms with Crippen LogP contribution < -0.4 is 5.32 Å². The lowest BCUT2D eigenvalue weighted by atomic mass is 10.3. The van der Waals surface area contributed by atoms with Gasteiger partial charge < -0.3 is 0 Å². The smallest absolute Gasteiger partial charge is 0.276 e. The van der Waals surface area contributed by atoms with E-state index in [1.165, 1.54) is 7.05 Å². The Balaban J connectivity index is 2.87. The summed E-state index contributed by atoms with van der Waals surface area (Å²) < 4.78 is 0. The van der Waals surface area contributed by atoms with Gasteiger partial charge in [-0.3, -0.25) is 19.8 Å². The summed E-state index contributed by atoms with van der Waals surface area (Å²) in [4.78, 5) is 32.3. The highest BCUT2D eigenvalue weighted by Crippen LogP contribution is 2.08. The van der Waals surface area contributed by atoms with E-state index in [1.807, 2.05) is 5.32 Å². The van der Waals surface area contributed by atoms with Crippen LogP contribution in [0.2, 0.25) is 0 Å². The van der Waals surface area contributed by atoms with E-state index in [-0.39, 0.29) is 0 Å². The summed E-state index contributed by atoms with van der Waals surface area (Å²) in [5.41, 5.74) is 0. The van der Waals surface area contributed by atoms with Gasteiger partial charge in [-0.15, -0.1) is 0 Å². The Morgan fingerprint density at radius 2 is 2.00 bits per heavy atom. The van der Waals surface area contributed by atoms with Crippen molar-refractivity contribution in [2.75, 3.05) is 7.05 Å². The van der Waals surface area contributed by atoms with Gasteiger partial charge in [0.25, 0.3) is 11.8 Å². The first kappa shape index (κ1) is 8.19. The minimum absolute atomic E-state index is 0.543. The summed E-state index contributed by atoms with van der Waals surface area (Å²) in [6, 6.07) is -0.685. The molecule has 1 aliphatic rings. The van der Waals surface area contributed by atoms with Gasteiger partial charge in [-0.05, 0) is 0 Å². The molecule has 1 saturated heterocycles. The Kier molecular flexibility index (Phi) is 1.95. The molecule has 6 heteroatoms. The van der Waals surface area contributed by atoms with Gasteiger partial charge in [-0.2, -0.15) is 0 Å². The number of carbonyl (C=O) groups excluding carboxylic acids is 3. The van der Waals surface area contributed by atoms with E-state index in [4.69, 9.17) is 0 Å². The fraction of sp³-hybridized carbons (Fsp3) is 0.400. The van der Waals surface area contributed by atoms with Crippen molar-refractivity contribution in [3.8, 4) is 0 Å². The second kappa shape index (κ2) is 2.61. The number of amides is 4. The van der Waals surface area contributed by atoms with Crippen LogP contribution in [0, 0.1) is 0 Å². The minimum atomic E-state index is -0.940. The molecule has 0 aromatic heterocycles. The highest BCUT2D eigenvalue weighted by Gasteiger charge is 2.36. The summed E-state index contributed by atoms with van der Waals surface area (Å²) in [6.07, 6.45) is 0. The van der Waals surface area contributed by atoms with Crippen molar-refractivity contribution in [2.24, 2.45) is 0 Å². The number of halogens is 1. The summed E-state index contributed by atoms with van der Waals surface area (Å²) in [5.74, 6) is -1.16. The molecule has 1 heterocycles. The van der Waals surface area contributed by atoms with Gasteiger partial charge in [0.2, 0.25) is 0 Å². The molecule has 1 fully saturated rings. The lowest BCUT2D eigenvalue weighted by molar-refractivity contribution is -0.134. The fourth-order valence-electron chi connectivity index (χ4n) is 0.635. The van der Waals surface area contributed by atoms with Crippen LogP contribution in [0.3, 0.4) is 0 Å². The van der Waals surface area contributed by atoms with Crippen molar-refractivity contribution >= 4 is 33.8 Å². The van der Waals surface area contributed by atoms with Gasteiger partial charge >= 0.3 is 6.03 Å². The third kappa shape index (κ3) is 1.25. The zero-order valence-corrected chi connectivity index (χ0v) is 7.21. The molecule has 0 aromatic carbocycles. The third-order valence-corrected chi connectivity index (χ3v) is 2.12. The van der Waals surface area contributed by atoms with Crippen molar-refractivity contribution < 1.29 is 14.4 Å². The second-order valence-electron chi connectivity index (χ2n) is 2.05. The molecule has 1 N–H and O–H groups in total. The van der Waals surface area contributed by atoms with E-state index < -0.39 is 22.7 Å². The number of urea groups is 1. The second-order valence-corrected chi connectivity index (χ2v) is 2.97. The molecule has 0 spiro atoms.